The summed E-state index contributed by atoms with van der Waals surface area (Å²) in [5.74, 6) is -0.285. The summed E-state index contributed by atoms with van der Waals surface area (Å²) in [6.07, 6.45) is -0.361. The Morgan fingerprint density at radius 2 is 2.00 bits per heavy atom. The molecule has 2 aliphatic rings. The molecule has 1 aromatic rings. The van der Waals surface area contributed by atoms with Gasteiger partial charge in [0.25, 0.3) is 5.91 Å². The molecule has 0 radical (unpaired) electrons. The molecule has 6 nitrogen and oxygen atoms in total. The zero-order valence-corrected chi connectivity index (χ0v) is 9.45. The predicted octanol–water partition coefficient (Wildman–Crippen LogP) is -0.163. The summed E-state index contributed by atoms with van der Waals surface area (Å²) in [7, 11) is 0. The molecule has 1 unspecified atom stereocenters. The van der Waals surface area contributed by atoms with E-state index in [4.69, 9.17) is 11.6 Å². The van der Waals surface area contributed by atoms with Crippen molar-refractivity contribution in [3.8, 4) is 0 Å². The number of rotatable bonds is 1. The lowest BCUT2D eigenvalue weighted by Gasteiger charge is -2.30. The topological polar surface area (TPSA) is 68.4 Å². The molecule has 2 heterocycles. The van der Waals surface area contributed by atoms with E-state index >= 15 is 0 Å². The van der Waals surface area contributed by atoms with E-state index in [-0.39, 0.29) is 17.2 Å². The molecule has 17 heavy (non-hydrogen) atoms. The van der Waals surface area contributed by atoms with Crippen LogP contribution < -0.4 is 21.8 Å². The zero-order valence-electron chi connectivity index (χ0n) is 8.70. The first-order valence-electron chi connectivity index (χ1n) is 5.09. The number of hydrogen-bond acceptors (Lipinski definition) is 5. The van der Waals surface area contributed by atoms with Gasteiger partial charge in [0.1, 0.15) is 5.03 Å². The lowest BCUT2D eigenvalue weighted by molar-refractivity contribution is -0.131. The number of amides is 1. The molecule has 0 spiro atoms. The maximum atomic E-state index is 11.9. The Bertz CT molecular complexity index is 489. The molecule has 1 fully saturated rings. The van der Waals surface area contributed by atoms with Crippen molar-refractivity contribution in [1.82, 2.24) is 26.8 Å². The quantitative estimate of drug-likeness (QED) is 0.558. The average molecular weight is 252 g/mol. The molecular weight excluding hydrogens is 242 g/mol. The predicted molar refractivity (Wildman–Crippen MR) is 62.4 cm³/mol. The SMILES string of the molecule is O=C1C(Cl)=C(c2ccccc2)NC2NNNN12. The van der Waals surface area contributed by atoms with E-state index in [9.17, 15) is 4.79 Å². The molecule has 4 N–H and O–H groups in total. The van der Waals surface area contributed by atoms with E-state index in [1.54, 1.807) is 0 Å². The van der Waals surface area contributed by atoms with Crippen molar-refractivity contribution in [2.75, 3.05) is 0 Å². The summed E-state index contributed by atoms with van der Waals surface area (Å²) in [5, 5.41) is 4.63. The molecule has 1 aromatic carbocycles. The van der Waals surface area contributed by atoms with Crippen LogP contribution in [-0.2, 0) is 4.79 Å². The van der Waals surface area contributed by atoms with Crippen LogP contribution in [0.4, 0.5) is 0 Å². The normalized spacial score (nSPS) is 23.7. The molecule has 2 aliphatic heterocycles. The number of hydrazine groups is 3. The van der Waals surface area contributed by atoms with E-state index in [0.717, 1.165) is 5.56 Å². The van der Waals surface area contributed by atoms with Gasteiger partial charge in [0.2, 0.25) is 0 Å². The van der Waals surface area contributed by atoms with Crippen molar-refractivity contribution < 1.29 is 4.79 Å². The third kappa shape index (κ3) is 1.67. The van der Waals surface area contributed by atoms with Crippen molar-refractivity contribution in [3.63, 3.8) is 0 Å². The van der Waals surface area contributed by atoms with Gasteiger partial charge in [0.15, 0.2) is 6.29 Å². The second kappa shape index (κ2) is 4.01. The first-order chi connectivity index (χ1) is 8.27. The van der Waals surface area contributed by atoms with E-state index in [0.29, 0.717) is 5.70 Å². The maximum absolute atomic E-state index is 11.9. The van der Waals surface area contributed by atoms with Crippen molar-refractivity contribution in [1.29, 1.82) is 0 Å². The van der Waals surface area contributed by atoms with Crippen molar-refractivity contribution in [3.05, 3.63) is 40.9 Å². The van der Waals surface area contributed by atoms with Crippen LogP contribution in [0.3, 0.4) is 0 Å². The Morgan fingerprint density at radius 1 is 1.24 bits per heavy atom. The van der Waals surface area contributed by atoms with Gasteiger partial charge in [0, 0.05) is 0 Å². The molecule has 1 saturated heterocycles. The molecule has 0 saturated carbocycles. The lowest BCUT2D eigenvalue weighted by Crippen LogP contribution is -2.55. The van der Waals surface area contributed by atoms with Crippen LogP contribution in [0.25, 0.3) is 5.70 Å². The standard InChI is InChI=1S/C10H10ClN5O/c11-7-8(6-4-2-1-3-5-6)12-10-13-14-15-16(10)9(7)17/h1-5,10,12-15H. The third-order valence-electron chi connectivity index (χ3n) is 2.61. The monoisotopic (exact) mass is 251 g/mol. The summed E-state index contributed by atoms with van der Waals surface area (Å²) < 4.78 is 0. The molecule has 3 rings (SSSR count). The number of fused-ring (bicyclic) bond motifs is 1. The number of halogens is 1. The highest BCUT2D eigenvalue weighted by atomic mass is 35.5. The summed E-state index contributed by atoms with van der Waals surface area (Å²) in [4.78, 5) is 11.9. The van der Waals surface area contributed by atoms with Crippen LogP contribution >= 0.6 is 11.6 Å². The van der Waals surface area contributed by atoms with Crippen LogP contribution in [0, 0.1) is 0 Å². The van der Waals surface area contributed by atoms with Crippen molar-refractivity contribution in [2.45, 2.75) is 6.29 Å². The van der Waals surface area contributed by atoms with Gasteiger partial charge < -0.3 is 5.32 Å². The Labute approximate surface area is 103 Å². The van der Waals surface area contributed by atoms with E-state index in [1.165, 1.54) is 5.01 Å². The van der Waals surface area contributed by atoms with Crippen LogP contribution in [0.15, 0.2) is 35.4 Å². The summed E-state index contributed by atoms with van der Waals surface area (Å²) in [6.45, 7) is 0. The Balaban J connectivity index is 2.02. The first-order valence-corrected chi connectivity index (χ1v) is 5.46. The van der Waals surface area contributed by atoms with Gasteiger partial charge >= 0.3 is 0 Å². The first kappa shape index (κ1) is 10.5. The fraction of sp³-hybridized carbons (Fsp3) is 0.100. The molecule has 0 bridgehead atoms. The van der Waals surface area contributed by atoms with Crippen LogP contribution in [0.1, 0.15) is 5.56 Å². The van der Waals surface area contributed by atoms with Gasteiger partial charge in [-0.3, -0.25) is 4.79 Å². The second-order valence-corrected chi connectivity index (χ2v) is 4.04. The van der Waals surface area contributed by atoms with Crippen LogP contribution in [0.5, 0.6) is 0 Å². The minimum Gasteiger partial charge on any atom is -0.349 e. The molecular formula is C10H10ClN5O. The Hall–Kier alpha value is -1.60. The highest BCUT2D eigenvalue weighted by Crippen LogP contribution is 2.25. The zero-order chi connectivity index (χ0) is 11.8. The average Bonchev–Trinajstić information content (AvgIpc) is 2.83. The van der Waals surface area contributed by atoms with Gasteiger partial charge in [-0.2, -0.15) is 5.53 Å². The van der Waals surface area contributed by atoms with Crippen LogP contribution in [-0.4, -0.2) is 17.2 Å². The number of nitrogens with one attached hydrogen (secondary N) is 4. The smallest absolute Gasteiger partial charge is 0.285 e. The molecule has 1 atom stereocenters. The molecule has 7 heteroatoms. The highest BCUT2D eigenvalue weighted by Gasteiger charge is 2.36. The van der Waals surface area contributed by atoms with Crippen molar-refractivity contribution in [2.24, 2.45) is 0 Å². The van der Waals surface area contributed by atoms with Crippen molar-refractivity contribution >= 4 is 23.2 Å². The molecule has 1 amide bonds. The number of hydrogen-bond donors (Lipinski definition) is 4. The summed E-state index contributed by atoms with van der Waals surface area (Å²) in [5.41, 5.74) is 9.64. The fourth-order valence-corrected chi connectivity index (χ4v) is 2.04. The number of carbonyl (C=O) groups excluding carboxylic acids is 1. The van der Waals surface area contributed by atoms with Gasteiger partial charge in [0.05, 0.1) is 5.70 Å². The minimum atomic E-state index is -0.361. The van der Waals surface area contributed by atoms with Gasteiger partial charge in [-0.15, -0.1) is 5.53 Å². The van der Waals surface area contributed by atoms with Crippen LogP contribution in [0.2, 0.25) is 0 Å². The Kier molecular flexibility index (Phi) is 2.49. The molecule has 0 aromatic heterocycles. The summed E-state index contributed by atoms with van der Waals surface area (Å²) in [6, 6.07) is 9.48. The minimum absolute atomic E-state index is 0.158. The summed E-state index contributed by atoms with van der Waals surface area (Å²) >= 11 is 6.06. The second-order valence-electron chi connectivity index (χ2n) is 3.66. The van der Waals surface area contributed by atoms with Gasteiger partial charge in [-0.25, -0.2) is 10.4 Å². The molecule has 0 aliphatic carbocycles. The van der Waals surface area contributed by atoms with Gasteiger partial charge in [-0.1, -0.05) is 41.9 Å². The molecule has 88 valence electrons. The fourth-order valence-electron chi connectivity index (χ4n) is 1.79. The van der Waals surface area contributed by atoms with E-state index in [1.807, 2.05) is 30.3 Å². The largest absolute Gasteiger partial charge is 0.349 e. The van der Waals surface area contributed by atoms with Gasteiger partial charge in [-0.05, 0) is 5.56 Å². The number of carbonyl (C=O) groups is 1. The third-order valence-corrected chi connectivity index (χ3v) is 2.96. The van der Waals surface area contributed by atoms with E-state index < -0.39 is 0 Å². The Morgan fingerprint density at radius 3 is 2.76 bits per heavy atom. The number of benzene rings is 1. The number of nitrogens with zero attached hydrogens (tertiary/aromatic N) is 1. The lowest BCUT2D eigenvalue weighted by atomic mass is 10.1. The van der Waals surface area contributed by atoms with E-state index in [2.05, 4.69) is 21.8 Å². The highest BCUT2D eigenvalue weighted by molar-refractivity contribution is 6.45. The maximum Gasteiger partial charge on any atom is 0.285 e.